The Labute approximate surface area is 135 Å². The lowest BCUT2D eigenvalue weighted by atomic mass is 9.77. The second-order valence-corrected chi connectivity index (χ2v) is 6.65. The molecule has 0 amide bonds. The fourth-order valence-electron chi connectivity index (χ4n) is 2.94. The van der Waals surface area contributed by atoms with E-state index >= 15 is 0 Å². The Balaban J connectivity index is 2.21. The highest BCUT2D eigenvalue weighted by Gasteiger charge is 2.23. The minimum atomic E-state index is -0.0485. The molecule has 0 aromatic heterocycles. The van der Waals surface area contributed by atoms with E-state index in [2.05, 4.69) is 63.2 Å². The molecule has 0 bridgehead atoms. The first-order chi connectivity index (χ1) is 10.6. The molecular formula is C21H28O. The van der Waals surface area contributed by atoms with Gasteiger partial charge in [-0.05, 0) is 35.6 Å². The molecule has 1 nitrogen and oxygen atoms in total. The third kappa shape index (κ3) is 3.91. The van der Waals surface area contributed by atoms with E-state index in [4.69, 9.17) is 0 Å². The number of rotatable bonds is 7. The Morgan fingerprint density at radius 3 is 2.27 bits per heavy atom. The lowest BCUT2D eigenvalue weighted by Crippen LogP contribution is -2.19. The van der Waals surface area contributed by atoms with Gasteiger partial charge < -0.3 is 5.11 Å². The number of unbranched alkanes of at least 4 members (excludes halogenated alkanes) is 3. The Morgan fingerprint density at radius 1 is 0.864 bits per heavy atom. The van der Waals surface area contributed by atoms with Gasteiger partial charge in [-0.3, -0.25) is 0 Å². The zero-order valence-electron chi connectivity index (χ0n) is 14.1. The monoisotopic (exact) mass is 296 g/mol. The van der Waals surface area contributed by atoms with Gasteiger partial charge in [-0.1, -0.05) is 82.5 Å². The largest absolute Gasteiger partial charge is 0.508 e. The number of hydrogen-bond acceptors (Lipinski definition) is 1. The fraction of sp³-hybridized carbons (Fsp3) is 0.429. The molecular weight excluding hydrogens is 268 g/mol. The van der Waals surface area contributed by atoms with Crippen molar-refractivity contribution in [2.24, 2.45) is 0 Å². The smallest absolute Gasteiger partial charge is 0.118 e. The van der Waals surface area contributed by atoms with Crippen LogP contribution >= 0.6 is 0 Å². The molecule has 1 N–H and O–H groups in total. The first-order valence-electron chi connectivity index (χ1n) is 8.43. The zero-order chi connectivity index (χ0) is 16.0. The van der Waals surface area contributed by atoms with Crippen LogP contribution < -0.4 is 0 Å². The van der Waals surface area contributed by atoms with Crippen LogP contribution in [0.1, 0.15) is 63.1 Å². The standard InChI is InChI=1S/C21H28O/c1-4-5-6-8-11-17-16-19(14-15-20(17)22)21(2,3)18-12-9-7-10-13-18/h7,9-10,12-16,22H,4-6,8,11H2,1-3H3. The highest BCUT2D eigenvalue weighted by Crippen LogP contribution is 2.34. The first-order valence-corrected chi connectivity index (χ1v) is 8.43. The van der Waals surface area contributed by atoms with Gasteiger partial charge in [0, 0.05) is 5.41 Å². The SMILES string of the molecule is CCCCCCc1cc(C(C)(C)c2ccccc2)ccc1O. The molecule has 118 valence electrons. The number of phenols is 1. The molecule has 0 atom stereocenters. The molecule has 0 saturated carbocycles. The van der Waals surface area contributed by atoms with E-state index in [1.54, 1.807) is 0 Å². The van der Waals surface area contributed by atoms with Crippen LogP contribution in [0, 0.1) is 0 Å². The molecule has 0 radical (unpaired) electrons. The van der Waals surface area contributed by atoms with Crippen molar-refractivity contribution in [2.75, 3.05) is 0 Å². The Hall–Kier alpha value is -1.76. The van der Waals surface area contributed by atoms with Gasteiger partial charge >= 0.3 is 0 Å². The molecule has 0 aliphatic rings. The average Bonchev–Trinajstić information content (AvgIpc) is 2.54. The third-order valence-electron chi connectivity index (χ3n) is 4.60. The maximum Gasteiger partial charge on any atom is 0.118 e. The van der Waals surface area contributed by atoms with Crippen LogP contribution in [0.3, 0.4) is 0 Å². The van der Waals surface area contributed by atoms with Crippen molar-refractivity contribution in [2.45, 2.75) is 58.3 Å². The summed E-state index contributed by atoms with van der Waals surface area (Å²) in [5, 5.41) is 10.1. The lowest BCUT2D eigenvalue weighted by molar-refractivity contribution is 0.465. The predicted octanol–water partition coefficient (Wildman–Crippen LogP) is 5.84. The molecule has 0 saturated heterocycles. The van der Waals surface area contributed by atoms with Crippen LogP contribution in [0.2, 0.25) is 0 Å². The summed E-state index contributed by atoms with van der Waals surface area (Å²) in [4.78, 5) is 0. The van der Waals surface area contributed by atoms with Gasteiger partial charge in [0.2, 0.25) is 0 Å². The molecule has 0 aliphatic heterocycles. The Morgan fingerprint density at radius 2 is 1.59 bits per heavy atom. The molecule has 2 aromatic carbocycles. The van der Waals surface area contributed by atoms with Crippen LogP contribution in [0.5, 0.6) is 5.75 Å². The van der Waals surface area contributed by atoms with Crippen LogP contribution in [0.15, 0.2) is 48.5 Å². The second kappa shape index (κ2) is 7.49. The molecule has 0 aliphatic carbocycles. The highest BCUT2D eigenvalue weighted by atomic mass is 16.3. The van der Waals surface area contributed by atoms with E-state index in [0.717, 1.165) is 18.4 Å². The summed E-state index contributed by atoms with van der Waals surface area (Å²) in [5.41, 5.74) is 3.60. The summed E-state index contributed by atoms with van der Waals surface area (Å²) in [5.74, 6) is 0.434. The van der Waals surface area contributed by atoms with Gasteiger partial charge in [-0.15, -0.1) is 0 Å². The van der Waals surface area contributed by atoms with E-state index in [1.165, 1.54) is 30.4 Å². The van der Waals surface area contributed by atoms with Crippen molar-refractivity contribution >= 4 is 0 Å². The zero-order valence-corrected chi connectivity index (χ0v) is 14.1. The Kier molecular flexibility index (Phi) is 5.65. The molecule has 2 rings (SSSR count). The summed E-state index contributed by atoms with van der Waals surface area (Å²) >= 11 is 0. The average molecular weight is 296 g/mol. The second-order valence-electron chi connectivity index (χ2n) is 6.65. The van der Waals surface area contributed by atoms with Gasteiger partial charge in [0.05, 0.1) is 0 Å². The third-order valence-corrected chi connectivity index (χ3v) is 4.60. The van der Waals surface area contributed by atoms with Crippen molar-refractivity contribution in [3.05, 3.63) is 65.2 Å². The fourth-order valence-corrected chi connectivity index (χ4v) is 2.94. The van der Waals surface area contributed by atoms with E-state index in [1.807, 2.05) is 6.07 Å². The molecule has 0 unspecified atom stereocenters. The summed E-state index contributed by atoms with van der Waals surface area (Å²) in [6.07, 6.45) is 5.87. The Bertz CT molecular complexity index is 584. The van der Waals surface area contributed by atoms with Gasteiger partial charge in [-0.2, -0.15) is 0 Å². The van der Waals surface area contributed by atoms with Gasteiger partial charge in [0.1, 0.15) is 5.75 Å². The summed E-state index contributed by atoms with van der Waals surface area (Å²) in [6, 6.07) is 16.7. The maximum atomic E-state index is 10.1. The summed E-state index contributed by atoms with van der Waals surface area (Å²) < 4.78 is 0. The summed E-state index contributed by atoms with van der Waals surface area (Å²) in [6.45, 7) is 6.71. The topological polar surface area (TPSA) is 20.2 Å². The van der Waals surface area contributed by atoms with Crippen molar-refractivity contribution in [3.63, 3.8) is 0 Å². The van der Waals surface area contributed by atoms with Crippen molar-refractivity contribution in [3.8, 4) is 5.75 Å². The van der Waals surface area contributed by atoms with Crippen molar-refractivity contribution in [1.29, 1.82) is 0 Å². The van der Waals surface area contributed by atoms with Crippen molar-refractivity contribution < 1.29 is 5.11 Å². The molecule has 1 heteroatoms. The number of aryl methyl sites for hydroxylation is 1. The highest BCUT2D eigenvalue weighted by molar-refractivity contribution is 5.44. The normalized spacial score (nSPS) is 11.6. The predicted molar refractivity (Wildman–Crippen MR) is 94.5 cm³/mol. The minimum absolute atomic E-state index is 0.0485. The molecule has 0 fully saturated rings. The van der Waals surface area contributed by atoms with E-state index < -0.39 is 0 Å². The van der Waals surface area contributed by atoms with E-state index in [9.17, 15) is 5.11 Å². The van der Waals surface area contributed by atoms with Crippen LogP contribution in [0.25, 0.3) is 0 Å². The molecule has 0 heterocycles. The van der Waals surface area contributed by atoms with Crippen LogP contribution in [-0.2, 0) is 11.8 Å². The minimum Gasteiger partial charge on any atom is -0.508 e. The quantitative estimate of drug-likeness (QED) is 0.636. The van der Waals surface area contributed by atoms with Gasteiger partial charge in [0.25, 0.3) is 0 Å². The van der Waals surface area contributed by atoms with Crippen LogP contribution in [0.4, 0.5) is 0 Å². The number of benzene rings is 2. The molecule has 0 spiro atoms. The maximum absolute atomic E-state index is 10.1. The number of aromatic hydroxyl groups is 1. The number of phenolic OH excluding ortho intramolecular Hbond substituents is 1. The van der Waals surface area contributed by atoms with Crippen molar-refractivity contribution in [1.82, 2.24) is 0 Å². The van der Waals surface area contributed by atoms with Gasteiger partial charge in [-0.25, -0.2) is 0 Å². The van der Waals surface area contributed by atoms with E-state index in [0.29, 0.717) is 5.75 Å². The number of hydrogen-bond donors (Lipinski definition) is 1. The molecule has 22 heavy (non-hydrogen) atoms. The van der Waals surface area contributed by atoms with E-state index in [-0.39, 0.29) is 5.41 Å². The van der Waals surface area contributed by atoms with Crippen LogP contribution in [-0.4, -0.2) is 5.11 Å². The first kappa shape index (κ1) is 16.6. The van der Waals surface area contributed by atoms with Gasteiger partial charge in [0.15, 0.2) is 0 Å². The lowest BCUT2D eigenvalue weighted by Gasteiger charge is -2.27. The molecule has 2 aromatic rings. The summed E-state index contributed by atoms with van der Waals surface area (Å²) in [7, 11) is 0.